The zero-order valence-corrected chi connectivity index (χ0v) is 12.8. The van der Waals surface area contributed by atoms with E-state index in [9.17, 15) is 4.79 Å². The molecule has 6 heteroatoms. The third-order valence-electron chi connectivity index (χ3n) is 3.15. The van der Waals surface area contributed by atoms with Crippen LogP contribution in [0.1, 0.15) is 13.0 Å². The van der Waals surface area contributed by atoms with E-state index in [0.29, 0.717) is 23.2 Å². The van der Waals surface area contributed by atoms with Crippen molar-refractivity contribution in [3.05, 3.63) is 34.4 Å². The van der Waals surface area contributed by atoms with Gasteiger partial charge in [0.15, 0.2) is 0 Å². The van der Waals surface area contributed by atoms with Gasteiger partial charge >= 0.3 is 0 Å². The number of amides is 1. The third-order valence-corrected chi connectivity index (χ3v) is 3.69. The van der Waals surface area contributed by atoms with E-state index in [1.807, 2.05) is 29.8 Å². The highest BCUT2D eigenvalue weighted by atomic mass is 35.5. The number of nitrogens with zero attached hydrogens (tertiary/aromatic N) is 1. The van der Waals surface area contributed by atoms with Crippen molar-refractivity contribution in [3.63, 3.8) is 0 Å². The minimum Gasteiger partial charge on any atom is -0.383 e. The van der Waals surface area contributed by atoms with E-state index in [0.717, 1.165) is 10.9 Å². The van der Waals surface area contributed by atoms with Gasteiger partial charge in [-0.1, -0.05) is 23.2 Å². The van der Waals surface area contributed by atoms with E-state index in [2.05, 4.69) is 5.32 Å². The highest BCUT2D eigenvalue weighted by molar-refractivity contribution is 6.38. The Bertz CT molecular complexity index is 625. The van der Waals surface area contributed by atoms with E-state index >= 15 is 0 Å². The van der Waals surface area contributed by atoms with Gasteiger partial charge in [0.25, 0.3) is 0 Å². The molecule has 0 aliphatic heterocycles. The summed E-state index contributed by atoms with van der Waals surface area (Å²) < 4.78 is 6.76. The van der Waals surface area contributed by atoms with E-state index in [1.54, 1.807) is 13.2 Å². The number of halogens is 2. The van der Waals surface area contributed by atoms with Crippen LogP contribution < -0.4 is 5.32 Å². The van der Waals surface area contributed by atoms with Gasteiger partial charge < -0.3 is 14.6 Å². The van der Waals surface area contributed by atoms with E-state index in [4.69, 9.17) is 27.9 Å². The predicted octanol–water partition coefficient (Wildman–Crippen LogP) is 3.27. The van der Waals surface area contributed by atoms with Crippen molar-refractivity contribution < 1.29 is 9.53 Å². The van der Waals surface area contributed by atoms with E-state index < -0.39 is 0 Å². The average Bonchev–Trinajstić information content (AvgIpc) is 2.81. The molecule has 1 aromatic carbocycles. The quantitative estimate of drug-likeness (QED) is 0.861. The zero-order valence-electron chi connectivity index (χ0n) is 11.3. The zero-order chi connectivity index (χ0) is 14.7. The van der Waals surface area contributed by atoms with E-state index in [1.165, 1.54) is 0 Å². The molecule has 0 radical (unpaired) electrons. The number of rotatable bonds is 5. The van der Waals surface area contributed by atoms with Crippen molar-refractivity contribution in [2.45, 2.75) is 13.0 Å². The molecule has 2 rings (SSSR count). The van der Waals surface area contributed by atoms with Crippen LogP contribution in [0.3, 0.4) is 0 Å². The van der Waals surface area contributed by atoms with Crippen LogP contribution in [0.25, 0.3) is 10.9 Å². The maximum Gasteiger partial charge on any atom is 0.242 e. The number of aromatic nitrogens is 1. The maximum atomic E-state index is 12.1. The smallest absolute Gasteiger partial charge is 0.242 e. The van der Waals surface area contributed by atoms with Crippen LogP contribution in [0.15, 0.2) is 24.4 Å². The lowest BCUT2D eigenvalue weighted by molar-refractivity contribution is -0.123. The molecule has 1 aromatic heterocycles. The second-order valence-electron chi connectivity index (χ2n) is 4.50. The van der Waals surface area contributed by atoms with Crippen LogP contribution in [-0.2, 0) is 9.53 Å². The van der Waals surface area contributed by atoms with Crippen LogP contribution in [0, 0.1) is 0 Å². The molecular formula is C14H16Cl2N2O2. The first-order chi connectivity index (χ1) is 9.54. The number of benzene rings is 1. The Morgan fingerprint density at radius 3 is 2.90 bits per heavy atom. The lowest BCUT2D eigenvalue weighted by Crippen LogP contribution is -2.33. The number of methoxy groups -OCH3 is 1. The van der Waals surface area contributed by atoms with Gasteiger partial charge in [-0.15, -0.1) is 0 Å². The number of hydrogen-bond acceptors (Lipinski definition) is 2. The fourth-order valence-corrected chi connectivity index (χ4v) is 2.62. The summed E-state index contributed by atoms with van der Waals surface area (Å²) in [6, 6.07) is 5.03. The summed E-state index contributed by atoms with van der Waals surface area (Å²) in [4.78, 5) is 12.1. The van der Waals surface area contributed by atoms with Crippen LogP contribution in [0.4, 0.5) is 0 Å². The van der Waals surface area contributed by atoms with E-state index in [-0.39, 0.29) is 11.9 Å². The Hall–Kier alpha value is -1.23. The molecule has 108 valence electrons. The molecule has 0 saturated heterocycles. The number of ether oxygens (including phenoxy) is 1. The van der Waals surface area contributed by atoms with Crippen molar-refractivity contribution in [1.82, 2.24) is 9.88 Å². The summed E-state index contributed by atoms with van der Waals surface area (Å²) in [6.07, 6.45) is 1.84. The molecular weight excluding hydrogens is 299 g/mol. The number of hydrogen-bond donors (Lipinski definition) is 1. The Morgan fingerprint density at radius 1 is 1.45 bits per heavy atom. The van der Waals surface area contributed by atoms with Gasteiger partial charge in [0.2, 0.25) is 5.91 Å². The predicted molar refractivity (Wildman–Crippen MR) is 81.6 cm³/mol. The van der Waals surface area contributed by atoms with Crippen molar-refractivity contribution in [1.29, 1.82) is 0 Å². The highest BCUT2D eigenvalue weighted by Crippen LogP contribution is 2.30. The van der Waals surface area contributed by atoms with Crippen molar-refractivity contribution in [2.75, 3.05) is 20.3 Å². The first-order valence-electron chi connectivity index (χ1n) is 6.27. The number of fused-ring (bicyclic) bond motifs is 1. The molecule has 0 aliphatic rings. The Morgan fingerprint density at radius 2 is 2.20 bits per heavy atom. The van der Waals surface area contributed by atoms with Crippen molar-refractivity contribution in [3.8, 4) is 0 Å². The van der Waals surface area contributed by atoms with Crippen LogP contribution in [0.5, 0.6) is 0 Å². The fourth-order valence-electron chi connectivity index (χ4n) is 2.07. The van der Waals surface area contributed by atoms with Crippen LogP contribution >= 0.6 is 23.2 Å². The van der Waals surface area contributed by atoms with Gasteiger partial charge in [-0.05, 0) is 25.1 Å². The summed E-state index contributed by atoms with van der Waals surface area (Å²) in [5.41, 5.74) is 0.844. The number of carbonyl (C=O) groups is 1. The SMILES string of the molecule is COCCNC(=O)C(C)n1ccc2c(Cl)cc(Cl)cc21. The molecule has 1 atom stereocenters. The molecule has 1 unspecified atom stereocenters. The molecule has 1 N–H and O–H groups in total. The molecule has 2 aromatic rings. The average molecular weight is 315 g/mol. The lowest BCUT2D eigenvalue weighted by atomic mass is 10.2. The molecule has 0 saturated carbocycles. The van der Waals surface area contributed by atoms with Gasteiger partial charge in [0.05, 0.1) is 17.1 Å². The fraction of sp³-hybridized carbons (Fsp3) is 0.357. The van der Waals surface area contributed by atoms with Crippen molar-refractivity contribution >= 4 is 40.0 Å². The Labute approximate surface area is 127 Å². The molecule has 4 nitrogen and oxygen atoms in total. The summed E-state index contributed by atoms with van der Waals surface area (Å²) in [6.45, 7) is 2.80. The van der Waals surface area contributed by atoms with Gasteiger partial charge in [-0.2, -0.15) is 0 Å². The van der Waals surface area contributed by atoms with Gasteiger partial charge in [-0.3, -0.25) is 4.79 Å². The molecule has 20 heavy (non-hydrogen) atoms. The summed E-state index contributed by atoms with van der Waals surface area (Å²) in [5, 5.41) is 4.83. The largest absolute Gasteiger partial charge is 0.383 e. The Balaban J connectivity index is 2.26. The third kappa shape index (κ3) is 3.08. The highest BCUT2D eigenvalue weighted by Gasteiger charge is 2.17. The normalized spacial score (nSPS) is 12.6. The number of nitrogens with one attached hydrogen (secondary N) is 1. The molecule has 0 aliphatic carbocycles. The second kappa shape index (κ2) is 6.48. The van der Waals surface area contributed by atoms with Gasteiger partial charge in [-0.25, -0.2) is 0 Å². The first-order valence-corrected chi connectivity index (χ1v) is 7.02. The topological polar surface area (TPSA) is 43.3 Å². The van der Waals surface area contributed by atoms with Crippen LogP contribution in [0.2, 0.25) is 10.0 Å². The minimum absolute atomic E-state index is 0.0735. The maximum absolute atomic E-state index is 12.1. The minimum atomic E-state index is -0.348. The molecule has 1 heterocycles. The summed E-state index contributed by atoms with van der Waals surface area (Å²) >= 11 is 12.2. The molecule has 1 amide bonds. The molecule has 0 spiro atoms. The summed E-state index contributed by atoms with van der Waals surface area (Å²) in [7, 11) is 1.60. The Kier molecular flexibility index (Phi) is 4.91. The first kappa shape index (κ1) is 15.2. The van der Waals surface area contributed by atoms with Crippen molar-refractivity contribution in [2.24, 2.45) is 0 Å². The van der Waals surface area contributed by atoms with Gasteiger partial charge in [0.1, 0.15) is 6.04 Å². The molecule has 0 bridgehead atoms. The van der Waals surface area contributed by atoms with Crippen LogP contribution in [-0.4, -0.2) is 30.7 Å². The lowest BCUT2D eigenvalue weighted by Gasteiger charge is -2.15. The standard InChI is InChI=1S/C14H16Cl2N2O2/c1-9(14(19)17-4-6-20-2)18-5-3-11-12(16)7-10(15)8-13(11)18/h3,5,7-9H,4,6H2,1-2H3,(H,17,19). The monoisotopic (exact) mass is 314 g/mol. The molecule has 0 fully saturated rings. The second-order valence-corrected chi connectivity index (χ2v) is 5.35. The van der Waals surface area contributed by atoms with Gasteiger partial charge in [0, 0.05) is 30.3 Å². The number of carbonyl (C=O) groups excluding carboxylic acids is 1. The summed E-state index contributed by atoms with van der Waals surface area (Å²) in [5.74, 6) is -0.0735.